The summed E-state index contributed by atoms with van der Waals surface area (Å²) in [5, 5.41) is 4.93. The molecular formula is C46H35NO. The van der Waals surface area contributed by atoms with Crippen molar-refractivity contribution in [3.05, 3.63) is 139 Å². The Balaban J connectivity index is 1.13. The Morgan fingerprint density at radius 1 is 0.500 bits per heavy atom. The summed E-state index contributed by atoms with van der Waals surface area (Å²) in [6.07, 6.45) is 7.06. The third-order valence-corrected chi connectivity index (χ3v) is 13.2. The average Bonchev–Trinajstić information content (AvgIpc) is 3.76. The third-order valence-electron chi connectivity index (χ3n) is 13.2. The summed E-state index contributed by atoms with van der Waals surface area (Å²) in [7, 11) is 0. The van der Waals surface area contributed by atoms with Crippen LogP contribution in [-0.2, 0) is 5.41 Å². The van der Waals surface area contributed by atoms with Gasteiger partial charge in [0.05, 0.1) is 11.0 Å². The maximum Gasteiger partial charge on any atom is 0.136 e. The molecule has 1 spiro atoms. The summed E-state index contributed by atoms with van der Waals surface area (Å²) in [4.78, 5) is 0. The van der Waals surface area contributed by atoms with Crippen molar-refractivity contribution in [1.82, 2.24) is 4.57 Å². The standard InChI is InChI=1S/C46H35NO/c1-4-13-40-34(8-1)35-19-17-32(26-41(35)46(40)30-21-27-20-28(23-30)24-31(46)22-27)47-42-14-5-2-9-36(42)39-12-7-11-33(45(39)47)29-16-18-38-37-10-3-6-15-43(37)48-44(38)25-29/h1-19,25-28,30-31H,20-24H2. The van der Waals surface area contributed by atoms with Crippen LogP contribution in [0.3, 0.4) is 0 Å². The highest BCUT2D eigenvalue weighted by Crippen LogP contribution is 2.69. The van der Waals surface area contributed by atoms with Crippen LogP contribution in [0.15, 0.2) is 132 Å². The molecule has 0 saturated heterocycles. The van der Waals surface area contributed by atoms with E-state index in [9.17, 15) is 0 Å². The molecule has 6 aromatic carbocycles. The van der Waals surface area contributed by atoms with Crippen LogP contribution in [0.25, 0.3) is 71.7 Å². The molecule has 0 N–H and O–H groups in total. The van der Waals surface area contributed by atoms with E-state index >= 15 is 0 Å². The van der Waals surface area contributed by atoms with Gasteiger partial charge in [0.25, 0.3) is 0 Å². The Kier molecular flexibility index (Phi) is 4.91. The number of fused-ring (bicyclic) bond motifs is 9. The number of para-hydroxylation sites is 3. The van der Waals surface area contributed by atoms with Gasteiger partial charge in [0.15, 0.2) is 0 Å². The summed E-state index contributed by atoms with van der Waals surface area (Å²) in [5.74, 6) is 3.36. The number of hydrogen-bond acceptors (Lipinski definition) is 1. The van der Waals surface area contributed by atoms with Gasteiger partial charge in [0.1, 0.15) is 11.2 Å². The zero-order valence-corrected chi connectivity index (χ0v) is 26.8. The molecule has 2 aromatic heterocycles. The lowest BCUT2D eigenvalue weighted by Gasteiger charge is -2.61. The number of rotatable bonds is 2. The average molecular weight is 618 g/mol. The zero-order chi connectivity index (χ0) is 31.1. The van der Waals surface area contributed by atoms with Crippen LogP contribution < -0.4 is 0 Å². The predicted octanol–water partition coefficient (Wildman–Crippen LogP) is 12.1. The summed E-state index contributed by atoms with van der Waals surface area (Å²) in [6.45, 7) is 0. The van der Waals surface area contributed by atoms with E-state index < -0.39 is 0 Å². The maximum atomic E-state index is 6.39. The van der Waals surface area contributed by atoms with E-state index in [1.54, 1.807) is 11.1 Å². The molecule has 2 heteroatoms. The molecule has 5 aliphatic rings. The SMILES string of the molecule is c1ccc2c(c1)-c1ccc(-n3c4ccccc4c4cccc(-c5ccc6c(c5)oc5ccccc56)c43)cc1C21C2CC3CC(C2)CC1C3. The van der Waals surface area contributed by atoms with Gasteiger partial charge in [-0.2, -0.15) is 0 Å². The highest BCUT2D eigenvalue weighted by molar-refractivity contribution is 6.14. The maximum absolute atomic E-state index is 6.39. The molecule has 5 aliphatic carbocycles. The van der Waals surface area contributed by atoms with Gasteiger partial charge in [-0.15, -0.1) is 0 Å². The molecular weight excluding hydrogens is 583 g/mol. The van der Waals surface area contributed by atoms with Crippen molar-refractivity contribution < 1.29 is 4.42 Å². The van der Waals surface area contributed by atoms with Crippen molar-refractivity contribution in [2.75, 3.05) is 0 Å². The van der Waals surface area contributed by atoms with E-state index in [0.29, 0.717) is 0 Å². The Bertz CT molecular complexity index is 2620. The fourth-order valence-electron chi connectivity index (χ4n) is 11.7. The minimum absolute atomic E-state index is 0.142. The van der Waals surface area contributed by atoms with Gasteiger partial charge in [0.2, 0.25) is 0 Å². The molecule has 2 heterocycles. The van der Waals surface area contributed by atoms with E-state index in [-0.39, 0.29) is 5.41 Å². The monoisotopic (exact) mass is 617 g/mol. The number of furan rings is 1. The first-order valence-electron chi connectivity index (χ1n) is 17.9. The van der Waals surface area contributed by atoms with Crippen LogP contribution >= 0.6 is 0 Å². The second-order valence-electron chi connectivity index (χ2n) is 15.3. The summed E-state index contributed by atoms with van der Waals surface area (Å²) in [6, 6.07) is 47.9. The van der Waals surface area contributed by atoms with Gasteiger partial charge >= 0.3 is 0 Å². The van der Waals surface area contributed by atoms with Gasteiger partial charge in [-0.25, -0.2) is 0 Å². The number of aromatic nitrogens is 1. The normalized spacial score (nSPS) is 25.2. The van der Waals surface area contributed by atoms with E-state index in [2.05, 4.69) is 126 Å². The van der Waals surface area contributed by atoms with Crippen LogP contribution in [0.4, 0.5) is 0 Å². The Morgan fingerprint density at radius 3 is 2.06 bits per heavy atom. The van der Waals surface area contributed by atoms with Crippen molar-refractivity contribution in [1.29, 1.82) is 0 Å². The third kappa shape index (κ3) is 3.15. The highest BCUT2D eigenvalue weighted by Gasteiger charge is 2.61. The van der Waals surface area contributed by atoms with Crippen molar-refractivity contribution in [3.63, 3.8) is 0 Å². The van der Waals surface area contributed by atoms with Crippen LogP contribution in [0.2, 0.25) is 0 Å². The van der Waals surface area contributed by atoms with Crippen molar-refractivity contribution in [3.8, 4) is 27.9 Å². The second kappa shape index (κ2) is 9.08. The fraction of sp³-hybridized carbons (Fsp3) is 0.217. The molecule has 0 radical (unpaired) electrons. The molecule has 0 atom stereocenters. The van der Waals surface area contributed by atoms with Crippen LogP contribution in [-0.4, -0.2) is 4.57 Å². The Morgan fingerprint density at radius 2 is 1.19 bits per heavy atom. The van der Waals surface area contributed by atoms with E-state index in [1.165, 1.54) is 92.6 Å². The molecule has 13 rings (SSSR count). The second-order valence-corrected chi connectivity index (χ2v) is 15.3. The van der Waals surface area contributed by atoms with Gasteiger partial charge in [-0.05, 0) is 120 Å². The van der Waals surface area contributed by atoms with Crippen molar-refractivity contribution in [2.45, 2.75) is 37.5 Å². The molecule has 230 valence electrons. The summed E-state index contributed by atoms with van der Waals surface area (Å²) < 4.78 is 8.95. The lowest BCUT2D eigenvalue weighted by molar-refractivity contribution is -0.0399. The smallest absolute Gasteiger partial charge is 0.136 e. The van der Waals surface area contributed by atoms with Gasteiger partial charge in [0, 0.05) is 38.2 Å². The first-order chi connectivity index (χ1) is 23.8. The largest absolute Gasteiger partial charge is 0.456 e. The fourth-order valence-corrected chi connectivity index (χ4v) is 11.7. The van der Waals surface area contributed by atoms with Gasteiger partial charge < -0.3 is 8.98 Å². The lowest BCUT2D eigenvalue weighted by Crippen LogP contribution is -2.55. The minimum atomic E-state index is 0.142. The number of hydrogen-bond donors (Lipinski definition) is 0. The first-order valence-corrected chi connectivity index (χ1v) is 17.9. The molecule has 4 fully saturated rings. The van der Waals surface area contributed by atoms with Crippen LogP contribution in [0.1, 0.15) is 43.2 Å². The topological polar surface area (TPSA) is 18.1 Å². The quantitative estimate of drug-likeness (QED) is 0.189. The summed E-state index contributed by atoms with van der Waals surface area (Å²) in [5.41, 5.74) is 14.4. The molecule has 48 heavy (non-hydrogen) atoms. The number of benzene rings is 6. The van der Waals surface area contributed by atoms with Gasteiger partial charge in [-0.1, -0.05) is 91.0 Å². The molecule has 2 nitrogen and oxygen atoms in total. The minimum Gasteiger partial charge on any atom is -0.456 e. The first kappa shape index (κ1) is 25.9. The lowest BCUT2D eigenvalue weighted by atomic mass is 9.43. The molecule has 4 bridgehead atoms. The molecule has 0 unspecified atom stereocenters. The van der Waals surface area contributed by atoms with Gasteiger partial charge in [-0.3, -0.25) is 0 Å². The molecule has 8 aromatic rings. The predicted molar refractivity (Wildman–Crippen MR) is 197 cm³/mol. The Hall–Kier alpha value is -5.08. The number of nitrogens with zero attached hydrogens (tertiary/aromatic N) is 1. The molecule has 0 amide bonds. The Labute approximate surface area is 279 Å². The van der Waals surface area contributed by atoms with Crippen molar-refractivity contribution >= 4 is 43.7 Å². The van der Waals surface area contributed by atoms with Crippen LogP contribution in [0, 0.1) is 23.7 Å². The van der Waals surface area contributed by atoms with E-state index in [0.717, 1.165) is 34.8 Å². The van der Waals surface area contributed by atoms with Crippen molar-refractivity contribution in [2.24, 2.45) is 23.7 Å². The van der Waals surface area contributed by atoms with E-state index in [4.69, 9.17) is 4.42 Å². The molecule has 4 saturated carbocycles. The van der Waals surface area contributed by atoms with E-state index in [1.807, 2.05) is 6.07 Å². The highest BCUT2D eigenvalue weighted by atomic mass is 16.3. The molecule has 0 aliphatic heterocycles. The summed E-state index contributed by atoms with van der Waals surface area (Å²) >= 11 is 0. The van der Waals surface area contributed by atoms with Crippen LogP contribution in [0.5, 0.6) is 0 Å². The zero-order valence-electron chi connectivity index (χ0n) is 26.8.